The second kappa shape index (κ2) is 7.14. The summed E-state index contributed by atoms with van der Waals surface area (Å²) < 4.78 is 0. The van der Waals surface area contributed by atoms with E-state index in [4.69, 9.17) is 0 Å². The number of carbonyl (C=O) groups is 1. The van der Waals surface area contributed by atoms with Crippen LogP contribution in [0, 0.1) is 12.3 Å². The van der Waals surface area contributed by atoms with Crippen LogP contribution in [0.3, 0.4) is 0 Å². The molecular formula is C16H26N2OS. The van der Waals surface area contributed by atoms with Gasteiger partial charge in [-0.1, -0.05) is 19.9 Å². The Balaban J connectivity index is 2.72. The van der Waals surface area contributed by atoms with Gasteiger partial charge in [0, 0.05) is 23.5 Å². The molecule has 0 spiro atoms. The molecule has 1 N–H and O–H groups in total. The fourth-order valence-corrected chi connectivity index (χ4v) is 2.74. The van der Waals surface area contributed by atoms with Gasteiger partial charge in [-0.05, 0) is 50.4 Å². The standard InChI is InChI=1S/C16H26N2OS/c1-12-7-8-13(20-6)9-14(12)15(19)17-10-16(2,3)11-18(4)5/h7-9H,10-11H2,1-6H3,(H,17,19). The van der Waals surface area contributed by atoms with Gasteiger partial charge in [-0.15, -0.1) is 11.8 Å². The Morgan fingerprint density at radius 1 is 1.35 bits per heavy atom. The normalized spacial score (nSPS) is 11.8. The molecule has 0 aromatic heterocycles. The van der Waals surface area contributed by atoms with Gasteiger partial charge >= 0.3 is 0 Å². The van der Waals surface area contributed by atoms with Gasteiger partial charge in [-0.3, -0.25) is 4.79 Å². The van der Waals surface area contributed by atoms with E-state index in [1.165, 1.54) is 0 Å². The zero-order valence-corrected chi connectivity index (χ0v) is 14.2. The lowest BCUT2D eigenvalue weighted by Crippen LogP contribution is -2.40. The van der Waals surface area contributed by atoms with Crippen LogP contribution in [-0.4, -0.2) is 44.2 Å². The van der Waals surface area contributed by atoms with Crippen molar-refractivity contribution in [2.75, 3.05) is 33.4 Å². The van der Waals surface area contributed by atoms with Crippen LogP contribution in [-0.2, 0) is 0 Å². The van der Waals surface area contributed by atoms with E-state index < -0.39 is 0 Å². The smallest absolute Gasteiger partial charge is 0.251 e. The predicted octanol–water partition coefficient (Wildman–Crippen LogP) is 3.03. The molecule has 112 valence electrons. The molecule has 0 atom stereocenters. The first kappa shape index (κ1) is 17.1. The molecule has 0 fully saturated rings. The summed E-state index contributed by atoms with van der Waals surface area (Å²) in [4.78, 5) is 15.6. The van der Waals surface area contributed by atoms with Crippen LogP contribution in [0.2, 0.25) is 0 Å². The van der Waals surface area contributed by atoms with Gasteiger partial charge in [0.05, 0.1) is 0 Å². The number of nitrogens with one attached hydrogen (secondary N) is 1. The number of thioether (sulfide) groups is 1. The van der Waals surface area contributed by atoms with E-state index in [-0.39, 0.29) is 11.3 Å². The molecule has 0 heterocycles. The first-order chi connectivity index (χ1) is 9.25. The summed E-state index contributed by atoms with van der Waals surface area (Å²) in [6.45, 7) is 7.92. The molecule has 0 unspecified atom stereocenters. The molecule has 1 amide bonds. The second-order valence-corrected chi connectivity index (χ2v) is 7.15. The van der Waals surface area contributed by atoms with Crippen molar-refractivity contribution in [3.63, 3.8) is 0 Å². The monoisotopic (exact) mass is 294 g/mol. The summed E-state index contributed by atoms with van der Waals surface area (Å²) in [5, 5.41) is 3.06. The van der Waals surface area contributed by atoms with E-state index in [1.54, 1.807) is 11.8 Å². The zero-order chi connectivity index (χ0) is 15.3. The largest absolute Gasteiger partial charge is 0.351 e. The van der Waals surface area contributed by atoms with Gasteiger partial charge in [0.1, 0.15) is 0 Å². The highest BCUT2D eigenvalue weighted by molar-refractivity contribution is 7.98. The Kier molecular flexibility index (Phi) is 6.08. The summed E-state index contributed by atoms with van der Waals surface area (Å²) in [6.07, 6.45) is 2.02. The molecule has 4 heteroatoms. The zero-order valence-electron chi connectivity index (χ0n) is 13.4. The highest BCUT2D eigenvalue weighted by Crippen LogP contribution is 2.20. The number of hydrogen-bond donors (Lipinski definition) is 1. The van der Waals surface area contributed by atoms with Crippen molar-refractivity contribution in [3.8, 4) is 0 Å². The van der Waals surface area contributed by atoms with Gasteiger partial charge in [-0.2, -0.15) is 0 Å². The third-order valence-electron chi connectivity index (χ3n) is 3.16. The predicted molar refractivity (Wildman–Crippen MR) is 87.6 cm³/mol. The number of benzene rings is 1. The van der Waals surface area contributed by atoms with E-state index in [0.29, 0.717) is 6.54 Å². The maximum absolute atomic E-state index is 12.3. The lowest BCUT2D eigenvalue weighted by atomic mass is 9.92. The minimum atomic E-state index is 0.0187. The third-order valence-corrected chi connectivity index (χ3v) is 3.89. The Hall–Kier alpha value is -1.00. The van der Waals surface area contributed by atoms with Crippen molar-refractivity contribution in [2.45, 2.75) is 25.7 Å². The fraction of sp³-hybridized carbons (Fsp3) is 0.562. The van der Waals surface area contributed by atoms with Crippen LogP contribution in [0.1, 0.15) is 29.8 Å². The minimum absolute atomic E-state index is 0.0187. The van der Waals surface area contributed by atoms with Crippen molar-refractivity contribution in [2.24, 2.45) is 5.41 Å². The SMILES string of the molecule is CSc1ccc(C)c(C(=O)NCC(C)(C)CN(C)C)c1. The average Bonchev–Trinajstić information content (AvgIpc) is 2.35. The number of aryl methyl sites for hydroxylation is 1. The molecule has 20 heavy (non-hydrogen) atoms. The fourth-order valence-electron chi connectivity index (χ4n) is 2.30. The number of carbonyl (C=O) groups excluding carboxylic acids is 1. The first-order valence-corrected chi connectivity index (χ1v) is 8.05. The van der Waals surface area contributed by atoms with Gasteiger partial charge in [-0.25, -0.2) is 0 Å². The molecule has 0 aliphatic carbocycles. The molecule has 1 rings (SSSR count). The summed E-state index contributed by atoms with van der Waals surface area (Å²) in [5.41, 5.74) is 1.85. The Morgan fingerprint density at radius 3 is 2.55 bits per heavy atom. The molecular weight excluding hydrogens is 268 g/mol. The molecule has 1 aromatic rings. The molecule has 0 aliphatic heterocycles. The molecule has 0 saturated carbocycles. The van der Waals surface area contributed by atoms with Crippen LogP contribution in [0.4, 0.5) is 0 Å². The quantitative estimate of drug-likeness (QED) is 0.819. The Labute approximate surface area is 127 Å². The third kappa shape index (κ3) is 5.17. The molecule has 0 radical (unpaired) electrons. The first-order valence-electron chi connectivity index (χ1n) is 6.83. The number of nitrogens with zero attached hydrogens (tertiary/aromatic N) is 1. The van der Waals surface area contributed by atoms with Crippen LogP contribution < -0.4 is 5.32 Å². The van der Waals surface area contributed by atoms with Gasteiger partial charge in [0.2, 0.25) is 0 Å². The average molecular weight is 294 g/mol. The lowest BCUT2D eigenvalue weighted by molar-refractivity contribution is 0.0928. The molecule has 0 aliphatic rings. The number of rotatable bonds is 6. The van der Waals surface area contributed by atoms with Crippen molar-refractivity contribution in [3.05, 3.63) is 29.3 Å². The van der Waals surface area contributed by atoms with E-state index in [1.807, 2.05) is 31.4 Å². The van der Waals surface area contributed by atoms with Gasteiger partial charge in [0.25, 0.3) is 5.91 Å². The Morgan fingerprint density at radius 2 is 2.00 bits per heavy atom. The van der Waals surface area contributed by atoms with Crippen molar-refractivity contribution in [1.29, 1.82) is 0 Å². The van der Waals surface area contributed by atoms with Crippen LogP contribution >= 0.6 is 11.8 Å². The van der Waals surface area contributed by atoms with E-state index in [9.17, 15) is 4.79 Å². The van der Waals surface area contributed by atoms with E-state index in [0.717, 1.165) is 22.6 Å². The summed E-state index contributed by atoms with van der Waals surface area (Å²) in [5.74, 6) is 0.0187. The van der Waals surface area contributed by atoms with Gasteiger partial charge in [0.15, 0.2) is 0 Å². The highest BCUT2D eigenvalue weighted by atomic mass is 32.2. The molecule has 1 aromatic carbocycles. The summed E-state index contributed by atoms with van der Waals surface area (Å²) >= 11 is 1.65. The van der Waals surface area contributed by atoms with E-state index in [2.05, 4.69) is 38.2 Å². The summed E-state index contributed by atoms with van der Waals surface area (Å²) in [7, 11) is 4.10. The minimum Gasteiger partial charge on any atom is -0.351 e. The topological polar surface area (TPSA) is 32.3 Å². The second-order valence-electron chi connectivity index (χ2n) is 6.27. The molecule has 0 bridgehead atoms. The van der Waals surface area contributed by atoms with Crippen molar-refractivity contribution in [1.82, 2.24) is 10.2 Å². The Bertz CT molecular complexity index is 470. The molecule has 3 nitrogen and oxygen atoms in total. The number of hydrogen-bond acceptors (Lipinski definition) is 3. The summed E-state index contributed by atoms with van der Waals surface area (Å²) in [6, 6.07) is 6.02. The van der Waals surface area contributed by atoms with Crippen molar-refractivity contribution >= 4 is 17.7 Å². The highest BCUT2D eigenvalue weighted by Gasteiger charge is 2.20. The maximum atomic E-state index is 12.3. The van der Waals surface area contributed by atoms with E-state index >= 15 is 0 Å². The van der Waals surface area contributed by atoms with Crippen molar-refractivity contribution < 1.29 is 4.79 Å². The van der Waals surface area contributed by atoms with Crippen LogP contribution in [0.25, 0.3) is 0 Å². The lowest BCUT2D eigenvalue weighted by Gasteiger charge is -2.28. The number of amides is 1. The molecule has 0 saturated heterocycles. The van der Waals surface area contributed by atoms with Gasteiger partial charge < -0.3 is 10.2 Å². The maximum Gasteiger partial charge on any atom is 0.251 e. The van der Waals surface area contributed by atoms with Crippen LogP contribution in [0.5, 0.6) is 0 Å². The van der Waals surface area contributed by atoms with Crippen LogP contribution in [0.15, 0.2) is 23.1 Å².